The molecule has 2 amide bonds. The molecule has 1 saturated heterocycles. The van der Waals surface area contributed by atoms with Crippen LogP contribution in [-0.4, -0.2) is 62.3 Å². The summed E-state index contributed by atoms with van der Waals surface area (Å²) in [5, 5.41) is 1.12. The van der Waals surface area contributed by atoms with Crippen molar-refractivity contribution in [2.75, 3.05) is 26.2 Å². The Hall–Kier alpha value is -3.22. The van der Waals surface area contributed by atoms with Gasteiger partial charge in [-0.1, -0.05) is 6.07 Å². The Morgan fingerprint density at radius 3 is 2.23 bits per heavy atom. The van der Waals surface area contributed by atoms with Gasteiger partial charge in [-0.15, -0.1) is 0 Å². The maximum absolute atomic E-state index is 13.1. The molecule has 1 saturated carbocycles. The lowest BCUT2D eigenvalue weighted by molar-refractivity contribution is 0.0718. The average Bonchev–Trinajstić information content (AvgIpc) is 3.59. The molecule has 2 fully saturated rings. The highest BCUT2D eigenvalue weighted by atomic mass is 16.2. The van der Waals surface area contributed by atoms with Gasteiger partial charge in [0.1, 0.15) is 5.82 Å². The quantitative estimate of drug-likeness (QED) is 0.674. The number of rotatable bonds is 3. The van der Waals surface area contributed by atoms with E-state index in [2.05, 4.69) is 9.97 Å². The van der Waals surface area contributed by atoms with Crippen molar-refractivity contribution in [3.8, 4) is 0 Å². The lowest BCUT2D eigenvalue weighted by Gasteiger charge is -2.22. The summed E-state index contributed by atoms with van der Waals surface area (Å²) < 4.78 is 2.02. The van der Waals surface area contributed by atoms with Crippen LogP contribution in [0, 0.1) is 0 Å². The van der Waals surface area contributed by atoms with E-state index in [1.807, 2.05) is 51.9 Å². The van der Waals surface area contributed by atoms with Crippen molar-refractivity contribution < 1.29 is 9.59 Å². The standard InChI is InChI=1S/C23H25N5O2/c1-26-10-7-16-3-6-18(13-20(16)26)22(29)27-8-2-9-28(12-11-27)23(30)19-14-24-21(25-15-19)17-4-5-17/h3,6-7,10,13-15,17H,2,4-5,8-9,11-12H2,1H3. The molecule has 2 aromatic heterocycles. The van der Waals surface area contributed by atoms with Gasteiger partial charge < -0.3 is 14.4 Å². The Labute approximate surface area is 175 Å². The molecule has 7 nitrogen and oxygen atoms in total. The summed E-state index contributed by atoms with van der Waals surface area (Å²) in [5.74, 6) is 1.28. The third kappa shape index (κ3) is 3.56. The normalized spacial score (nSPS) is 17.2. The third-order valence-electron chi connectivity index (χ3n) is 6.07. The first kappa shape index (κ1) is 18.8. The molecule has 0 spiro atoms. The molecule has 7 heteroatoms. The lowest BCUT2D eigenvalue weighted by atomic mass is 10.1. The lowest BCUT2D eigenvalue weighted by Crippen LogP contribution is -2.37. The first-order valence-corrected chi connectivity index (χ1v) is 10.6. The van der Waals surface area contributed by atoms with Crippen LogP contribution in [0.1, 0.15) is 51.7 Å². The van der Waals surface area contributed by atoms with Gasteiger partial charge in [0.25, 0.3) is 11.8 Å². The first-order valence-electron chi connectivity index (χ1n) is 10.6. The monoisotopic (exact) mass is 403 g/mol. The number of carbonyl (C=O) groups excluding carboxylic acids is 2. The molecule has 5 rings (SSSR count). The summed E-state index contributed by atoms with van der Waals surface area (Å²) in [6.45, 7) is 2.31. The second-order valence-corrected chi connectivity index (χ2v) is 8.24. The predicted octanol–water partition coefficient (Wildman–Crippen LogP) is 2.83. The number of fused-ring (bicyclic) bond motifs is 1. The second kappa shape index (κ2) is 7.55. The number of hydrogen-bond acceptors (Lipinski definition) is 4. The minimum atomic E-state index is -0.0584. The summed E-state index contributed by atoms with van der Waals surface area (Å²) in [4.78, 5) is 38.4. The van der Waals surface area contributed by atoms with Crippen molar-refractivity contribution in [2.24, 2.45) is 7.05 Å². The molecular weight excluding hydrogens is 378 g/mol. The number of hydrogen-bond donors (Lipinski definition) is 0. The first-order chi connectivity index (χ1) is 14.6. The van der Waals surface area contributed by atoms with Gasteiger partial charge in [0, 0.05) is 68.8 Å². The molecule has 0 unspecified atom stereocenters. The number of amides is 2. The molecule has 154 valence electrons. The zero-order valence-electron chi connectivity index (χ0n) is 17.1. The van der Waals surface area contributed by atoms with E-state index in [1.165, 1.54) is 0 Å². The molecule has 3 aromatic rings. The fourth-order valence-electron chi connectivity index (χ4n) is 4.09. The van der Waals surface area contributed by atoms with E-state index in [1.54, 1.807) is 12.4 Å². The van der Waals surface area contributed by atoms with Crippen molar-refractivity contribution in [1.82, 2.24) is 24.3 Å². The Kier molecular flexibility index (Phi) is 4.73. The van der Waals surface area contributed by atoms with E-state index in [0.29, 0.717) is 43.2 Å². The maximum Gasteiger partial charge on any atom is 0.257 e. The molecule has 0 radical (unpaired) electrons. The smallest absolute Gasteiger partial charge is 0.257 e. The second-order valence-electron chi connectivity index (χ2n) is 8.24. The highest BCUT2D eigenvalue weighted by Gasteiger charge is 2.27. The molecule has 1 aromatic carbocycles. The van der Waals surface area contributed by atoms with Gasteiger partial charge >= 0.3 is 0 Å². The Bertz CT molecular complexity index is 1100. The summed E-state index contributed by atoms with van der Waals surface area (Å²) in [6, 6.07) is 7.86. The van der Waals surface area contributed by atoms with Crippen LogP contribution < -0.4 is 0 Å². The summed E-state index contributed by atoms with van der Waals surface area (Å²) in [5.41, 5.74) is 2.25. The van der Waals surface area contributed by atoms with Gasteiger partial charge in [0.15, 0.2) is 0 Å². The maximum atomic E-state index is 13.1. The Morgan fingerprint density at radius 2 is 1.57 bits per heavy atom. The van der Waals surface area contributed by atoms with Crippen molar-refractivity contribution in [3.63, 3.8) is 0 Å². The zero-order valence-corrected chi connectivity index (χ0v) is 17.1. The Balaban J connectivity index is 1.26. The van der Waals surface area contributed by atoms with Crippen LogP contribution in [0.3, 0.4) is 0 Å². The number of aromatic nitrogens is 3. The van der Waals surface area contributed by atoms with Crippen LogP contribution >= 0.6 is 0 Å². The number of aryl methyl sites for hydroxylation is 1. The minimum Gasteiger partial charge on any atom is -0.351 e. The van der Waals surface area contributed by atoms with Crippen LogP contribution in [0.15, 0.2) is 42.9 Å². The summed E-state index contributed by atoms with van der Waals surface area (Å²) >= 11 is 0. The Morgan fingerprint density at radius 1 is 0.900 bits per heavy atom. The van der Waals surface area contributed by atoms with Gasteiger partial charge in [0.2, 0.25) is 0 Å². The molecule has 1 aliphatic carbocycles. The highest BCUT2D eigenvalue weighted by molar-refractivity contribution is 5.98. The van der Waals surface area contributed by atoms with Crippen LogP contribution in [0.5, 0.6) is 0 Å². The van der Waals surface area contributed by atoms with Crippen LogP contribution in [0.2, 0.25) is 0 Å². The zero-order chi connectivity index (χ0) is 20.7. The molecule has 0 N–H and O–H groups in total. The van der Waals surface area contributed by atoms with Gasteiger partial charge in [0.05, 0.1) is 5.56 Å². The van der Waals surface area contributed by atoms with Gasteiger partial charge in [-0.2, -0.15) is 0 Å². The number of nitrogens with zero attached hydrogens (tertiary/aromatic N) is 5. The van der Waals surface area contributed by atoms with Gasteiger partial charge in [-0.25, -0.2) is 9.97 Å². The SMILES string of the molecule is Cn1ccc2ccc(C(=O)N3CCCN(C(=O)c4cnc(C5CC5)nc4)CC3)cc21. The predicted molar refractivity (Wildman–Crippen MR) is 113 cm³/mol. The van der Waals surface area contributed by atoms with Crippen molar-refractivity contribution in [2.45, 2.75) is 25.2 Å². The average molecular weight is 403 g/mol. The third-order valence-corrected chi connectivity index (χ3v) is 6.07. The minimum absolute atomic E-state index is 0.0181. The van der Waals surface area contributed by atoms with E-state index < -0.39 is 0 Å². The van der Waals surface area contributed by atoms with Crippen LogP contribution in [-0.2, 0) is 7.05 Å². The van der Waals surface area contributed by atoms with E-state index >= 15 is 0 Å². The molecule has 3 heterocycles. The van der Waals surface area contributed by atoms with Crippen molar-refractivity contribution in [1.29, 1.82) is 0 Å². The van der Waals surface area contributed by atoms with E-state index in [9.17, 15) is 9.59 Å². The molecule has 0 bridgehead atoms. The fourth-order valence-corrected chi connectivity index (χ4v) is 4.09. The largest absolute Gasteiger partial charge is 0.351 e. The number of benzene rings is 1. The molecule has 2 aliphatic rings. The van der Waals surface area contributed by atoms with Crippen molar-refractivity contribution in [3.05, 3.63) is 59.8 Å². The van der Waals surface area contributed by atoms with Crippen LogP contribution in [0.4, 0.5) is 0 Å². The summed E-state index contributed by atoms with van der Waals surface area (Å²) in [7, 11) is 1.98. The number of carbonyl (C=O) groups is 2. The molecule has 30 heavy (non-hydrogen) atoms. The van der Waals surface area contributed by atoms with Gasteiger partial charge in [-0.3, -0.25) is 9.59 Å². The van der Waals surface area contributed by atoms with E-state index in [-0.39, 0.29) is 11.8 Å². The fraction of sp³-hybridized carbons (Fsp3) is 0.391. The molecular formula is C23H25N5O2. The highest BCUT2D eigenvalue weighted by Crippen LogP contribution is 2.37. The van der Waals surface area contributed by atoms with E-state index in [0.717, 1.165) is 36.0 Å². The van der Waals surface area contributed by atoms with Gasteiger partial charge in [-0.05, 0) is 42.8 Å². The topological polar surface area (TPSA) is 71.3 Å². The van der Waals surface area contributed by atoms with E-state index in [4.69, 9.17) is 0 Å². The molecule has 1 aliphatic heterocycles. The van der Waals surface area contributed by atoms with Crippen LogP contribution in [0.25, 0.3) is 10.9 Å². The van der Waals surface area contributed by atoms with Crippen molar-refractivity contribution >= 4 is 22.7 Å². The summed E-state index contributed by atoms with van der Waals surface area (Å²) in [6.07, 6.45) is 8.32. The molecule has 0 atom stereocenters.